The van der Waals surface area contributed by atoms with Gasteiger partial charge in [-0.3, -0.25) is 0 Å². The Hall–Kier alpha value is -1.18. The molecule has 1 aromatic carbocycles. The molecular weight excluding hydrogens is 220 g/mol. The van der Waals surface area contributed by atoms with Gasteiger partial charge in [0.25, 0.3) is 0 Å². The van der Waals surface area contributed by atoms with Crippen LogP contribution in [0.25, 0.3) is 0 Å². The van der Waals surface area contributed by atoms with E-state index in [0.29, 0.717) is 0 Å². The minimum atomic E-state index is 0.843. The lowest BCUT2D eigenvalue weighted by Crippen LogP contribution is -2.04. The van der Waals surface area contributed by atoms with E-state index in [-0.39, 0.29) is 0 Å². The number of hydrogen-bond donors (Lipinski definition) is 2. The molecule has 0 heterocycles. The SMILES string of the molecule is Cc1ccc(N)c(NCCCCCCC(C)C)c1. The molecule has 0 atom stereocenters. The van der Waals surface area contributed by atoms with Crippen LogP contribution in [0.3, 0.4) is 0 Å². The van der Waals surface area contributed by atoms with Crippen molar-refractivity contribution in [2.75, 3.05) is 17.6 Å². The first kappa shape index (κ1) is 14.9. The van der Waals surface area contributed by atoms with Crippen molar-refractivity contribution in [3.8, 4) is 0 Å². The summed E-state index contributed by atoms with van der Waals surface area (Å²) in [4.78, 5) is 0. The minimum absolute atomic E-state index is 0.843. The molecule has 0 bridgehead atoms. The van der Waals surface area contributed by atoms with Crippen molar-refractivity contribution in [3.63, 3.8) is 0 Å². The summed E-state index contributed by atoms with van der Waals surface area (Å²) in [6, 6.07) is 6.14. The molecule has 0 aliphatic heterocycles. The molecule has 0 unspecified atom stereocenters. The third-order valence-corrected chi connectivity index (χ3v) is 3.23. The van der Waals surface area contributed by atoms with E-state index < -0.39 is 0 Å². The maximum Gasteiger partial charge on any atom is 0.0576 e. The predicted octanol–water partition coefficient (Wildman–Crippen LogP) is 4.60. The average Bonchev–Trinajstić information content (AvgIpc) is 2.32. The zero-order valence-electron chi connectivity index (χ0n) is 12.1. The Morgan fingerprint density at radius 1 is 1.11 bits per heavy atom. The Bertz CT molecular complexity index is 345. The maximum absolute atomic E-state index is 5.92. The van der Waals surface area contributed by atoms with Crippen molar-refractivity contribution in [1.29, 1.82) is 0 Å². The fourth-order valence-electron chi connectivity index (χ4n) is 2.08. The number of anilines is 2. The average molecular weight is 248 g/mol. The van der Waals surface area contributed by atoms with E-state index in [0.717, 1.165) is 23.8 Å². The van der Waals surface area contributed by atoms with Crippen molar-refractivity contribution < 1.29 is 0 Å². The molecule has 102 valence electrons. The maximum atomic E-state index is 5.92. The number of aryl methyl sites for hydroxylation is 1. The van der Waals surface area contributed by atoms with Crippen LogP contribution in [0, 0.1) is 12.8 Å². The Labute approximate surface area is 112 Å². The van der Waals surface area contributed by atoms with E-state index in [1.54, 1.807) is 0 Å². The predicted molar refractivity (Wildman–Crippen MR) is 82.0 cm³/mol. The van der Waals surface area contributed by atoms with Crippen molar-refractivity contribution >= 4 is 11.4 Å². The summed E-state index contributed by atoms with van der Waals surface area (Å²) in [5.41, 5.74) is 9.10. The molecular formula is C16H28N2. The number of nitrogens with one attached hydrogen (secondary N) is 1. The van der Waals surface area contributed by atoms with Gasteiger partial charge in [0.05, 0.1) is 11.4 Å². The lowest BCUT2D eigenvalue weighted by molar-refractivity contribution is 0.523. The first-order valence-corrected chi connectivity index (χ1v) is 7.19. The van der Waals surface area contributed by atoms with Crippen molar-refractivity contribution in [2.45, 2.75) is 52.9 Å². The fourth-order valence-corrected chi connectivity index (χ4v) is 2.08. The van der Waals surface area contributed by atoms with E-state index in [4.69, 9.17) is 5.73 Å². The van der Waals surface area contributed by atoms with Crippen LogP contribution in [0.2, 0.25) is 0 Å². The molecule has 0 spiro atoms. The second kappa shape index (κ2) is 8.02. The van der Waals surface area contributed by atoms with Gasteiger partial charge in [-0.05, 0) is 37.0 Å². The van der Waals surface area contributed by atoms with Gasteiger partial charge in [-0.15, -0.1) is 0 Å². The summed E-state index contributed by atoms with van der Waals surface area (Å²) in [5.74, 6) is 0.843. The second-order valence-corrected chi connectivity index (χ2v) is 5.61. The van der Waals surface area contributed by atoms with Gasteiger partial charge in [0, 0.05) is 6.54 Å². The lowest BCUT2D eigenvalue weighted by atomic mass is 10.0. The number of benzene rings is 1. The van der Waals surface area contributed by atoms with E-state index in [2.05, 4.69) is 32.2 Å². The normalized spacial score (nSPS) is 10.9. The smallest absolute Gasteiger partial charge is 0.0576 e. The van der Waals surface area contributed by atoms with E-state index in [9.17, 15) is 0 Å². The summed E-state index contributed by atoms with van der Waals surface area (Å²) in [7, 11) is 0. The van der Waals surface area contributed by atoms with Gasteiger partial charge in [0.2, 0.25) is 0 Å². The van der Waals surface area contributed by atoms with Gasteiger partial charge in [-0.2, -0.15) is 0 Å². The van der Waals surface area contributed by atoms with Crippen molar-refractivity contribution in [2.24, 2.45) is 5.92 Å². The molecule has 2 heteroatoms. The van der Waals surface area contributed by atoms with E-state index >= 15 is 0 Å². The zero-order valence-corrected chi connectivity index (χ0v) is 12.1. The van der Waals surface area contributed by atoms with E-state index in [1.807, 2.05) is 12.1 Å². The Balaban J connectivity index is 2.12. The monoisotopic (exact) mass is 248 g/mol. The molecule has 3 N–H and O–H groups in total. The summed E-state index contributed by atoms with van der Waals surface area (Å²) in [6.45, 7) is 7.70. The number of nitrogen functional groups attached to an aromatic ring is 1. The van der Waals surface area contributed by atoms with Gasteiger partial charge in [-0.25, -0.2) is 0 Å². The molecule has 1 rings (SSSR count). The largest absolute Gasteiger partial charge is 0.397 e. The minimum Gasteiger partial charge on any atom is -0.397 e. The first-order chi connectivity index (χ1) is 8.59. The topological polar surface area (TPSA) is 38.0 Å². The molecule has 0 radical (unpaired) electrons. The van der Waals surface area contributed by atoms with Crippen molar-refractivity contribution in [1.82, 2.24) is 0 Å². The van der Waals surface area contributed by atoms with Crippen LogP contribution >= 0.6 is 0 Å². The van der Waals surface area contributed by atoms with Crippen LogP contribution in [0.15, 0.2) is 18.2 Å². The van der Waals surface area contributed by atoms with Crippen LogP contribution in [0.1, 0.15) is 51.5 Å². The molecule has 0 saturated heterocycles. The van der Waals surface area contributed by atoms with Crippen LogP contribution in [-0.2, 0) is 0 Å². The third-order valence-electron chi connectivity index (χ3n) is 3.23. The number of rotatable bonds is 8. The molecule has 0 aliphatic rings. The standard InChI is InChI=1S/C16H28N2/c1-13(2)8-6-4-5-7-11-18-16-12-14(3)9-10-15(16)17/h9-10,12-13,18H,4-8,11,17H2,1-3H3. The molecule has 0 amide bonds. The molecule has 0 saturated carbocycles. The molecule has 0 fully saturated rings. The Morgan fingerprint density at radius 3 is 2.56 bits per heavy atom. The molecule has 1 aromatic rings. The summed E-state index contributed by atoms with van der Waals surface area (Å²) in [5, 5.41) is 3.43. The summed E-state index contributed by atoms with van der Waals surface area (Å²) in [6.07, 6.45) is 6.61. The van der Waals surface area contributed by atoms with Crippen LogP contribution in [0.5, 0.6) is 0 Å². The highest BCUT2D eigenvalue weighted by atomic mass is 14.9. The fraction of sp³-hybridized carbons (Fsp3) is 0.625. The highest BCUT2D eigenvalue weighted by Crippen LogP contribution is 2.19. The highest BCUT2D eigenvalue weighted by molar-refractivity contribution is 5.66. The summed E-state index contributed by atoms with van der Waals surface area (Å²) < 4.78 is 0. The van der Waals surface area contributed by atoms with E-state index in [1.165, 1.54) is 37.7 Å². The quantitative estimate of drug-likeness (QED) is 0.521. The number of hydrogen-bond acceptors (Lipinski definition) is 2. The Kier molecular flexibility index (Phi) is 6.63. The summed E-state index contributed by atoms with van der Waals surface area (Å²) >= 11 is 0. The van der Waals surface area contributed by atoms with Gasteiger partial charge in [0.15, 0.2) is 0 Å². The molecule has 2 nitrogen and oxygen atoms in total. The highest BCUT2D eigenvalue weighted by Gasteiger charge is 1.98. The second-order valence-electron chi connectivity index (χ2n) is 5.61. The van der Waals surface area contributed by atoms with Crippen LogP contribution in [-0.4, -0.2) is 6.54 Å². The van der Waals surface area contributed by atoms with Gasteiger partial charge >= 0.3 is 0 Å². The van der Waals surface area contributed by atoms with Gasteiger partial charge < -0.3 is 11.1 Å². The zero-order chi connectivity index (χ0) is 13.4. The third kappa shape index (κ3) is 5.95. The number of unbranched alkanes of at least 4 members (excludes halogenated alkanes) is 3. The van der Waals surface area contributed by atoms with Crippen LogP contribution in [0.4, 0.5) is 11.4 Å². The lowest BCUT2D eigenvalue weighted by Gasteiger charge is -2.10. The first-order valence-electron chi connectivity index (χ1n) is 7.19. The van der Waals surface area contributed by atoms with Gasteiger partial charge in [-0.1, -0.05) is 45.6 Å². The van der Waals surface area contributed by atoms with Crippen molar-refractivity contribution in [3.05, 3.63) is 23.8 Å². The Morgan fingerprint density at radius 2 is 1.83 bits per heavy atom. The molecule has 18 heavy (non-hydrogen) atoms. The van der Waals surface area contributed by atoms with Gasteiger partial charge in [0.1, 0.15) is 0 Å². The molecule has 0 aliphatic carbocycles. The molecule has 0 aromatic heterocycles. The number of nitrogens with two attached hydrogens (primary N) is 1. The van der Waals surface area contributed by atoms with Crippen LogP contribution < -0.4 is 11.1 Å².